The SMILES string of the molecule is CCOC(c1nccc(CCN)n1)C(C)C. The summed E-state index contributed by atoms with van der Waals surface area (Å²) in [5.41, 5.74) is 6.50. The van der Waals surface area contributed by atoms with Crippen LogP contribution in [0.25, 0.3) is 0 Å². The Hall–Kier alpha value is -1.00. The summed E-state index contributed by atoms with van der Waals surface area (Å²) < 4.78 is 5.67. The number of aromatic nitrogens is 2. The van der Waals surface area contributed by atoms with E-state index >= 15 is 0 Å². The highest BCUT2D eigenvalue weighted by atomic mass is 16.5. The van der Waals surface area contributed by atoms with E-state index in [0.29, 0.717) is 19.1 Å². The summed E-state index contributed by atoms with van der Waals surface area (Å²) >= 11 is 0. The average Bonchev–Trinajstić information content (AvgIpc) is 2.26. The maximum absolute atomic E-state index is 5.67. The number of ether oxygens (including phenoxy) is 1. The van der Waals surface area contributed by atoms with E-state index in [9.17, 15) is 0 Å². The summed E-state index contributed by atoms with van der Waals surface area (Å²) in [7, 11) is 0. The van der Waals surface area contributed by atoms with Crippen LogP contribution in [-0.4, -0.2) is 23.1 Å². The summed E-state index contributed by atoms with van der Waals surface area (Å²) in [6.45, 7) is 7.49. The zero-order valence-electron chi connectivity index (χ0n) is 10.3. The van der Waals surface area contributed by atoms with E-state index in [1.807, 2.05) is 13.0 Å². The highest BCUT2D eigenvalue weighted by molar-refractivity contribution is 5.05. The predicted molar refractivity (Wildman–Crippen MR) is 64.0 cm³/mol. The van der Waals surface area contributed by atoms with Crippen LogP contribution in [0.1, 0.15) is 38.4 Å². The lowest BCUT2D eigenvalue weighted by Crippen LogP contribution is -2.16. The molecule has 0 aromatic carbocycles. The fourth-order valence-electron chi connectivity index (χ4n) is 1.58. The van der Waals surface area contributed by atoms with Gasteiger partial charge in [0, 0.05) is 24.9 Å². The zero-order valence-corrected chi connectivity index (χ0v) is 10.3. The number of hydrogen-bond donors (Lipinski definition) is 1. The van der Waals surface area contributed by atoms with Gasteiger partial charge in [-0.25, -0.2) is 9.97 Å². The van der Waals surface area contributed by atoms with Gasteiger partial charge in [-0.1, -0.05) is 13.8 Å². The van der Waals surface area contributed by atoms with Gasteiger partial charge in [0.25, 0.3) is 0 Å². The van der Waals surface area contributed by atoms with E-state index in [1.165, 1.54) is 0 Å². The molecule has 1 unspecified atom stereocenters. The molecule has 2 N–H and O–H groups in total. The van der Waals surface area contributed by atoms with E-state index in [0.717, 1.165) is 17.9 Å². The molecule has 4 heteroatoms. The molecule has 1 aromatic rings. The van der Waals surface area contributed by atoms with Crippen molar-refractivity contribution in [2.24, 2.45) is 11.7 Å². The molecule has 0 spiro atoms. The Bertz CT molecular complexity index is 315. The first-order chi connectivity index (χ1) is 7.69. The van der Waals surface area contributed by atoms with E-state index in [4.69, 9.17) is 10.5 Å². The zero-order chi connectivity index (χ0) is 12.0. The second kappa shape index (κ2) is 6.55. The lowest BCUT2D eigenvalue weighted by atomic mass is 10.1. The molecular weight excluding hydrogens is 202 g/mol. The molecule has 0 aliphatic heterocycles. The number of rotatable bonds is 6. The van der Waals surface area contributed by atoms with Crippen LogP contribution in [0.2, 0.25) is 0 Å². The first-order valence-electron chi connectivity index (χ1n) is 5.82. The molecule has 0 aliphatic rings. The maximum Gasteiger partial charge on any atom is 0.157 e. The van der Waals surface area contributed by atoms with Crippen molar-refractivity contribution in [3.63, 3.8) is 0 Å². The molecule has 0 saturated carbocycles. The van der Waals surface area contributed by atoms with Gasteiger partial charge in [-0.3, -0.25) is 0 Å². The molecule has 0 radical (unpaired) electrons. The molecule has 4 nitrogen and oxygen atoms in total. The van der Waals surface area contributed by atoms with Crippen molar-refractivity contribution >= 4 is 0 Å². The second-order valence-corrected chi connectivity index (χ2v) is 4.06. The normalized spacial score (nSPS) is 13.1. The Labute approximate surface area is 97.2 Å². The van der Waals surface area contributed by atoms with Gasteiger partial charge in [0.15, 0.2) is 5.82 Å². The lowest BCUT2D eigenvalue weighted by molar-refractivity contribution is 0.0230. The lowest BCUT2D eigenvalue weighted by Gasteiger charge is -2.19. The van der Waals surface area contributed by atoms with Gasteiger partial charge < -0.3 is 10.5 Å². The molecule has 16 heavy (non-hydrogen) atoms. The third kappa shape index (κ3) is 3.54. The second-order valence-electron chi connectivity index (χ2n) is 4.06. The molecule has 1 aromatic heterocycles. The molecule has 0 bridgehead atoms. The van der Waals surface area contributed by atoms with Gasteiger partial charge in [-0.2, -0.15) is 0 Å². The molecule has 1 atom stereocenters. The van der Waals surface area contributed by atoms with Crippen LogP contribution in [0, 0.1) is 5.92 Å². The van der Waals surface area contributed by atoms with Crippen LogP contribution in [0.4, 0.5) is 0 Å². The van der Waals surface area contributed by atoms with E-state index in [-0.39, 0.29) is 6.10 Å². The Morgan fingerprint density at radius 3 is 2.75 bits per heavy atom. The molecule has 0 amide bonds. The van der Waals surface area contributed by atoms with Crippen molar-refractivity contribution in [2.75, 3.05) is 13.2 Å². The van der Waals surface area contributed by atoms with E-state index in [1.54, 1.807) is 6.20 Å². The molecule has 1 heterocycles. The quantitative estimate of drug-likeness (QED) is 0.797. The number of nitrogens with zero attached hydrogens (tertiary/aromatic N) is 2. The van der Waals surface area contributed by atoms with Crippen molar-refractivity contribution in [1.82, 2.24) is 9.97 Å². The summed E-state index contributed by atoms with van der Waals surface area (Å²) in [5.74, 6) is 1.14. The Morgan fingerprint density at radius 2 is 2.19 bits per heavy atom. The Morgan fingerprint density at radius 1 is 1.44 bits per heavy atom. The smallest absolute Gasteiger partial charge is 0.157 e. The van der Waals surface area contributed by atoms with Gasteiger partial charge in [-0.15, -0.1) is 0 Å². The van der Waals surface area contributed by atoms with Gasteiger partial charge >= 0.3 is 0 Å². The summed E-state index contributed by atoms with van der Waals surface area (Å²) in [6, 6.07) is 1.90. The van der Waals surface area contributed by atoms with Crippen LogP contribution in [0.3, 0.4) is 0 Å². The molecule has 90 valence electrons. The highest BCUT2D eigenvalue weighted by Gasteiger charge is 2.18. The summed E-state index contributed by atoms with van der Waals surface area (Å²) in [4.78, 5) is 8.77. The molecule has 1 rings (SSSR count). The van der Waals surface area contributed by atoms with Crippen molar-refractivity contribution < 1.29 is 4.74 Å². The van der Waals surface area contributed by atoms with Gasteiger partial charge in [-0.05, 0) is 25.5 Å². The van der Waals surface area contributed by atoms with Crippen LogP contribution in [0.5, 0.6) is 0 Å². The van der Waals surface area contributed by atoms with Crippen molar-refractivity contribution in [1.29, 1.82) is 0 Å². The topological polar surface area (TPSA) is 61.0 Å². The third-order valence-corrected chi connectivity index (χ3v) is 2.34. The molecule has 0 saturated heterocycles. The van der Waals surface area contributed by atoms with Crippen molar-refractivity contribution in [3.8, 4) is 0 Å². The van der Waals surface area contributed by atoms with Gasteiger partial charge in [0.1, 0.15) is 6.10 Å². The third-order valence-electron chi connectivity index (χ3n) is 2.34. The predicted octanol–water partition coefficient (Wildman–Crippen LogP) is 1.71. The van der Waals surface area contributed by atoms with E-state index in [2.05, 4.69) is 23.8 Å². The van der Waals surface area contributed by atoms with Crippen LogP contribution in [-0.2, 0) is 11.2 Å². The first kappa shape index (κ1) is 13.1. The first-order valence-corrected chi connectivity index (χ1v) is 5.82. The monoisotopic (exact) mass is 223 g/mol. The Balaban J connectivity index is 2.86. The van der Waals surface area contributed by atoms with Crippen LogP contribution < -0.4 is 5.73 Å². The number of hydrogen-bond acceptors (Lipinski definition) is 4. The maximum atomic E-state index is 5.67. The van der Waals surface area contributed by atoms with Crippen LogP contribution in [0.15, 0.2) is 12.3 Å². The van der Waals surface area contributed by atoms with Crippen molar-refractivity contribution in [3.05, 3.63) is 23.8 Å². The fraction of sp³-hybridized carbons (Fsp3) is 0.667. The minimum absolute atomic E-state index is 0.0253. The number of nitrogens with two attached hydrogens (primary N) is 1. The highest BCUT2D eigenvalue weighted by Crippen LogP contribution is 2.22. The molecule has 0 fully saturated rings. The average molecular weight is 223 g/mol. The molecular formula is C12H21N3O. The fourth-order valence-corrected chi connectivity index (χ4v) is 1.58. The van der Waals surface area contributed by atoms with Gasteiger partial charge in [0.05, 0.1) is 0 Å². The standard InChI is InChI=1S/C12H21N3O/c1-4-16-11(9(2)3)12-14-8-6-10(15-12)5-7-13/h6,8-9,11H,4-5,7,13H2,1-3H3. The minimum atomic E-state index is -0.0253. The van der Waals surface area contributed by atoms with Gasteiger partial charge in [0.2, 0.25) is 0 Å². The Kier molecular flexibility index (Phi) is 5.35. The molecule has 0 aliphatic carbocycles. The largest absolute Gasteiger partial charge is 0.370 e. The van der Waals surface area contributed by atoms with Crippen LogP contribution >= 0.6 is 0 Å². The minimum Gasteiger partial charge on any atom is -0.370 e. The summed E-state index contributed by atoms with van der Waals surface area (Å²) in [6.07, 6.45) is 2.54. The van der Waals surface area contributed by atoms with E-state index < -0.39 is 0 Å². The van der Waals surface area contributed by atoms with Crippen molar-refractivity contribution in [2.45, 2.75) is 33.3 Å². The summed E-state index contributed by atoms with van der Waals surface area (Å²) in [5, 5.41) is 0.